The van der Waals surface area contributed by atoms with Crippen molar-refractivity contribution in [1.29, 1.82) is 0 Å². The van der Waals surface area contributed by atoms with Gasteiger partial charge in [0, 0.05) is 38.2 Å². The van der Waals surface area contributed by atoms with Gasteiger partial charge >= 0.3 is 0 Å². The van der Waals surface area contributed by atoms with Crippen LogP contribution in [0.2, 0.25) is 0 Å². The molecule has 2 aliphatic heterocycles. The molecule has 2 amide bonds. The van der Waals surface area contributed by atoms with Crippen LogP contribution in [0.15, 0.2) is 12.3 Å². The number of aromatic nitrogens is 1. The van der Waals surface area contributed by atoms with Gasteiger partial charge in [-0.1, -0.05) is 0 Å². The third-order valence-electron chi connectivity index (χ3n) is 5.80. The van der Waals surface area contributed by atoms with E-state index in [9.17, 15) is 18.4 Å². The smallest absolute Gasteiger partial charge is 0.275 e. The molecule has 0 radical (unpaired) electrons. The van der Waals surface area contributed by atoms with E-state index in [1.165, 1.54) is 0 Å². The number of piperidine rings is 2. The number of nitrogens with zero attached hydrogens (tertiary/aromatic N) is 3. The van der Waals surface area contributed by atoms with E-state index >= 15 is 0 Å². The van der Waals surface area contributed by atoms with Gasteiger partial charge in [-0.15, -0.1) is 0 Å². The first-order chi connectivity index (χ1) is 12.0. The monoisotopic (exact) mass is 349 g/mol. The number of amides is 2. The van der Waals surface area contributed by atoms with Crippen molar-refractivity contribution in [2.75, 3.05) is 19.6 Å². The van der Waals surface area contributed by atoms with Gasteiger partial charge in [0.05, 0.1) is 6.20 Å². The highest BCUT2D eigenvalue weighted by molar-refractivity contribution is 5.92. The van der Waals surface area contributed by atoms with E-state index in [1.807, 2.05) is 4.90 Å². The quantitative estimate of drug-likeness (QED) is 0.824. The van der Waals surface area contributed by atoms with Crippen LogP contribution in [-0.4, -0.2) is 52.3 Å². The zero-order chi connectivity index (χ0) is 17.6. The molecule has 3 fully saturated rings. The van der Waals surface area contributed by atoms with E-state index in [0.29, 0.717) is 31.6 Å². The summed E-state index contributed by atoms with van der Waals surface area (Å²) in [6, 6.07) is 1.10. The normalized spacial score (nSPS) is 23.2. The summed E-state index contributed by atoms with van der Waals surface area (Å²) in [5, 5.41) is 0. The molecule has 7 heteroatoms. The van der Waals surface area contributed by atoms with Crippen LogP contribution in [0.1, 0.15) is 49.0 Å². The molecule has 2 saturated heterocycles. The molecule has 134 valence electrons. The molecule has 0 N–H and O–H groups in total. The third kappa shape index (κ3) is 3.12. The Hall–Kier alpha value is -2.05. The molecule has 25 heavy (non-hydrogen) atoms. The van der Waals surface area contributed by atoms with Crippen molar-refractivity contribution >= 4 is 11.8 Å². The number of halogens is 2. The number of likely N-dealkylation sites (tertiary alicyclic amines) is 2. The van der Waals surface area contributed by atoms with Crippen molar-refractivity contribution in [3.05, 3.63) is 29.6 Å². The van der Waals surface area contributed by atoms with Crippen molar-refractivity contribution in [2.24, 2.45) is 5.41 Å². The van der Waals surface area contributed by atoms with E-state index in [2.05, 4.69) is 4.98 Å². The minimum atomic E-state index is -0.923. The van der Waals surface area contributed by atoms with Crippen molar-refractivity contribution in [3.63, 3.8) is 0 Å². The first-order valence-corrected chi connectivity index (χ1v) is 8.87. The summed E-state index contributed by atoms with van der Waals surface area (Å²) in [4.78, 5) is 31.8. The first-order valence-electron chi connectivity index (χ1n) is 8.87. The molecule has 3 aliphatic rings. The fourth-order valence-corrected chi connectivity index (χ4v) is 4.08. The fraction of sp³-hybridized carbons (Fsp3) is 0.611. The Morgan fingerprint density at radius 3 is 2.56 bits per heavy atom. The van der Waals surface area contributed by atoms with Crippen LogP contribution in [0.25, 0.3) is 0 Å². The molecule has 1 saturated carbocycles. The zero-order valence-electron chi connectivity index (χ0n) is 14.0. The minimum Gasteiger partial charge on any atom is -0.339 e. The van der Waals surface area contributed by atoms with E-state index in [4.69, 9.17) is 0 Å². The highest BCUT2D eigenvalue weighted by atomic mass is 19.1. The minimum absolute atomic E-state index is 0.0715. The van der Waals surface area contributed by atoms with Crippen molar-refractivity contribution in [2.45, 2.75) is 44.6 Å². The summed E-state index contributed by atoms with van der Waals surface area (Å²) in [5.74, 6) is -1.95. The van der Waals surface area contributed by atoms with E-state index in [0.717, 1.165) is 44.8 Å². The summed E-state index contributed by atoms with van der Waals surface area (Å²) in [5.41, 5.74) is -0.252. The number of hydrogen-bond acceptors (Lipinski definition) is 3. The van der Waals surface area contributed by atoms with Gasteiger partial charge in [-0.05, 0) is 37.5 Å². The number of hydrogen-bond donors (Lipinski definition) is 0. The number of carbonyl (C=O) groups excluding carboxylic acids is 2. The Morgan fingerprint density at radius 2 is 1.92 bits per heavy atom. The Morgan fingerprint density at radius 1 is 1.20 bits per heavy atom. The second kappa shape index (κ2) is 6.04. The predicted octanol–water partition coefficient (Wildman–Crippen LogP) is 2.37. The second-order valence-corrected chi connectivity index (χ2v) is 7.53. The summed E-state index contributed by atoms with van der Waals surface area (Å²) in [6.45, 7) is 1.82. The molecule has 5 nitrogen and oxygen atoms in total. The standard InChI is InChI=1S/C18H21F2N3O2/c19-12-9-14(20)16(21-10-12)17(25)22-7-5-18(6-8-22)4-3-15(24)23(11-18)13-1-2-13/h9-10,13H,1-8,11H2. The van der Waals surface area contributed by atoms with Crippen LogP contribution in [0.4, 0.5) is 8.78 Å². The van der Waals surface area contributed by atoms with Gasteiger partial charge in [0.1, 0.15) is 5.82 Å². The molecule has 4 rings (SSSR count). The maximum Gasteiger partial charge on any atom is 0.275 e. The van der Waals surface area contributed by atoms with Gasteiger partial charge in [-0.3, -0.25) is 9.59 Å². The molecule has 1 aromatic heterocycles. The molecule has 1 aromatic rings. The molecule has 0 bridgehead atoms. The molecule has 0 aromatic carbocycles. The van der Waals surface area contributed by atoms with Gasteiger partial charge < -0.3 is 9.80 Å². The lowest BCUT2D eigenvalue weighted by Gasteiger charge is -2.47. The maximum absolute atomic E-state index is 13.8. The topological polar surface area (TPSA) is 53.5 Å². The van der Waals surface area contributed by atoms with Gasteiger partial charge in [0.15, 0.2) is 11.5 Å². The summed E-state index contributed by atoms with van der Waals surface area (Å²) < 4.78 is 26.8. The van der Waals surface area contributed by atoms with Crippen LogP contribution >= 0.6 is 0 Å². The molecule has 0 unspecified atom stereocenters. The highest BCUT2D eigenvalue weighted by Crippen LogP contribution is 2.43. The summed E-state index contributed by atoms with van der Waals surface area (Å²) in [6.07, 6.45) is 6.11. The lowest BCUT2D eigenvalue weighted by Crippen LogP contribution is -2.53. The SMILES string of the molecule is O=C(c1ncc(F)cc1F)N1CCC2(CCC(=O)N(C3CC3)C2)CC1. The average Bonchev–Trinajstić information content (AvgIpc) is 3.42. The average molecular weight is 349 g/mol. The Balaban J connectivity index is 1.42. The van der Waals surface area contributed by atoms with Crippen LogP contribution in [0.3, 0.4) is 0 Å². The van der Waals surface area contributed by atoms with Gasteiger partial charge in [0.25, 0.3) is 5.91 Å². The van der Waals surface area contributed by atoms with Crippen molar-refractivity contribution in [1.82, 2.24) is 14.8 Å². The Labute approximate surface area is 145 Å². The van der Waals surface area contributed by atoms with E-state index in [-0.39, 0.29) is 17.0 Å². The largest absolute Gasteiger partial charge is 0.339 e. The molecular formula is C18H21F2N3O2. The van der Waals surface area contributed by atoms with Crippen LogP contribution in [0, 0.1) is 17.0 Å². The lowest BCUT2D eigenvalue weighted by molar-refractivity contribution is -0.139. The summed E-state index contributed by atoms with van der Waals surface area (Å²) in [7, 11) is 0. The molecule has 1 spiro atoms. The van der Waals surface area contributed by atoms with E-state index in [1.54, 1.807) is 4.90 Å². The van der Waals surface area contributed by atoms with Gasteiger partial charge in [-0.2, -0.15) is 0 Å². The number of carbonyl (C=O) groups is 2. The van der Waals surface area contributed by atoms with Gasteiger partial charge in [0.2, 0.25) is 5.91 Å². The summed E-state index contributed by atoms with van der Waals surface area (Å²) >= 11 is 0. The van der Waals surface area contributed by atoms with Gasteiger partial charge in [-0.25, -0.2) is 13.8 Å². The van der Waals surface area contributed by atoms with Crippen molar-refractivity contribution < 1.29 is 18.4 Å². The molecule has 1 aliphatic carbocycles. The highest BCUT2D eigenvalue weighted by Gasteiger charge is 2.45. The van der Waals surface area contributed by atoms with Crippen LogP contribution in [-0.2, 0) is 4.79 Å². The van der Waals surface area contributed by atoms with Crippen LogP contribution < -0.4 is 0 Å². The molecule has 0 atom stereocenters. The Bertz CT molecular complexity index is 712. The molecule has 3 heterocycles. The van der Waals surface area contributed by atoms with E-state index < -0.39 is 17.5 Å². The maximum atomic E-state index is 13.8. The van der Waals surface area contributed by atoms with Crippen molar-refractivity contribution in [3.8, 4) is 0 Å². The zero-order valence-corrected chi connectivity index (χ0v) is 14.0. The third-order valence-corrected chi connectivity index (χ3v) is 5.80. The predicted molar refractivity (Wildman–Crippen MR) is 85.7 cm³/mol. The second-order valence-electron chi connectivity index (χ2n) is 7.53. The van der Waals surface area contributed by atoms with Crippen LogP contribution in [0.5, 0.6) is 0 Å². The lowest BCUT2D eigenvalue weighted by atomic mass is 9.72. The Kier molecular flexibility index (Phi) is 3.96. The number of pyridine rings is 1. The molecular weight excluding hydrogens is 328 g/mol. The fourth-order valence-electron chi connectivity index (χ4n) is 4.08. The first kappa shape index (κ1) is 16.4. The number of rotatable bonds is 2.